The first kappa shape index (κ1) is 16.1. The molecule has 1 N–H and O–H groups in total. The maximum atomic E-state index is 13.4. The highest BCUT2D eigenvalue weighted by atomic mass is 19.2. The molecule has 0 spiro atoms. The summed E-state index contributed by atoms with van der Waals surface area (Å²) in [6.45, 7) is 6.46. The van der Waals surface area contributed by atoms with E-state index in [0.717, 1.165) is 12.1 Å². The predicted octanol–water partition coefficient (Wildman–Crippen LogP) is 2.42. The van der Waals surface area contributed by atoms with E-state index in [1.54, 1.807) is 20.8 Å². The SMILES string of the molecule is C[C@@H](NC(=O)c1cccc(F)c1F)C(=O)OC(C)(C)C. The second-order valence-corrected chi connectivity index (χ2v) is 5.33. The van der Waals surface area contributed by atoms with Crippen LogP contribution in [0.4, 0.5) is 8.78 Å². The molecule has 0 bridgehead atoms. The lowest BCUT2D eigenvalue weighted by molar-refractivity contribution is -0.156. The first-order valence-electron chi connectivity index (χ1n) is 6.09. The van der Waals surface area contributed by atoms with Crippen LogP contribution in [-0.4, -0.2) is 23.5 Å². The van der Waals surface area contributed by atoms with E-state index in [4.69, 9.17) is 4.74 Å². The largest absolute Gasteiger partial charge is 0.458 e. The lowest BCUT2D eigenvalue weighted by Crippen LogP contribution is -2.42. The van der Waals surface area contributed by atoms with E-state index in [2.05, 4.69) is 5.32 Å². The molecule has 6 heteroatoms. The minimum Gasteiger partial charge on any atom is -0.458 e. The molecule has 0 unspecified atom stereocenters. The molecule has 1 atom stereocenters. The van der Waals surface area contributed by atoms with Crippen molar-refractivity contribution in [3.63, 3.8) is 0 Å². The first-order chi connectivity index (χ1) is 9.11. The molecule has 0 aliphatic carbocycles. The Labute approximate surface area is 116 Å². The molecule has 110 valence electrons. The Balaban J connectivity index is 2.76. The molecular weight excluding hydrogens is 268 g/mol. The van der Waals surface area contributed by atoms with Crippen LogP contribution in [0.5, 0.6) is 0 Å². The number of esters is 1. The fraction of sp³-hybridized carbons (Fsp3) is 0.429. The number of rotatable bonds is 3. The topological polar surface area (TPSA) is 55.4 Å². The quantitative estimate of drug-likeness (QED) is 0.868. The molecule has 0 saturated heterocycles. The van der Waals surface area contributed by atoms with Crippen molar-refractivity contribution in [3.05, 3.63) is 35.4 Å². The van der Waals surface area contributed by atoms with Crippen LogP contribution < -0.4 is 5.32 Å². The van der Waals surface area contributed by atoms with Gasteiger partial charge in [0.1, 0.15) is 11.6 Å². The van der Waals surface area contributed by atoms with Crippen LogP contribution in [0.1, 0.15) is 38.1 Å². The van der Waals surface area contributed by atoms with Gasteiger partial charge >= 0.3 is 5.97 Å². The number of halogens is 2. The minimum absolute atomic E-state index is 0.458. The minimum atomic E-state index is -1.25. The van der Waals surface area contributed by atoms with Crippen molar-refractivity contribution in [1.29, 1.82) is 0 Å². The average molecular weight is 285 g/mol. The molecule has 0 aliphatic rings. The predicted molar refractivity (Wildman–Crippen MR) is 69.1 cm³/mol. The average Bonchev–Trinajstić information content (AvgIpc) is 2.30. The summed E-state index contributed by atoms with van der Waals surface area (Å²) >= 11 is 0. The fourth-order valence-electron chi connectivity index (χ4n) is 1.40. The van der Waals surface area contributed by atoms with Gasteiger partial charge in [-0.05, 0) is 39.8 Å². The van der Waals surface area contributed by atoms with Gasteiger partial charge in [-0.15, -0.1) is 0 Å². The van der Waals surface area contributed by atoms with E-state index in [0.29, 0.717) is 0 Å². The molecule has 1 amide bonds. The molecule has 1 aromatic carbocycles. The van der Waals surface area contributed by atoms with Crippen LogP contribution in [0.2, 0.25) is 0 Å². The van der Waals surface area contributed by atoms with E-state index >= 15 is 0 Å². The van der Waals surface area contributed by atoms with Gasteiger partial charge in [0.2, 0.25) is 0 Å². The van der Waals surface area contributed by atoms with Crippen molar-refractivity contribution < 1.29 is 23.1 Å². The van der Waals surface area contributed by atoms with Crippen LogP contribution >= 0.6 is 0 Å². The number of hydrogen-bond donors (Lipinski definition) is 1. The van der Waals surface area contributed by atoms with Crippen LogP contribution in [0.15, 0.2) is 18.2 Å². The molecule has 0 saturated carbocycles. The van der Waals surface area contributed by atoms with Gasteiger partial charge in [-0.3, -0.25) is 4.79 Å². The Kier molecular flexibility index (Phi) is 4.81. The highest BCUT2D eigenvalue weighted by molar-refractivity contribution is 5.96. The van der Waals surface area contributed by atoms with E-state index in [1.165, 1.54) is 13.0 Å². The number of carbonyl (C=O) groups excluding carboxylic acids is 2. The lowest BCUT2D eigenvalue weighted by atomic mass is 10.1. The zero-order chi connectivity index (χ0) is 15.5. The summed E-state index contributed by atoms with van der Waals surface area (Å²) in [5.74, 6) is -3.90. The van der Waals surface area contributed by atoms with Gasteiger partial charge in [0, 0.05) is 0 Å². The standard InChI is InChI=1S/C14H17F2NO3/c1-8(13(19)20-14(2,3)4)17-12(18)9-6-5-7-10(15)11(9)16/h5-8H,1-4H3,(H,17,18)/t8-/m1/s1. The number of benzene rings is 1. The normalized spacial score (nSPS) is 12.7. The van der Waals surface area contributed by atoms with Crippen molar-refractivity contribution in [2.45, 2.75) is 39.3 Å². The van der Waals surface area contributed by atoms with Gasteiger partial charge in [0.25, 0.3) is 5.91 Å². The Morgan fingerprint density at radius 1 is 1.25 bits per heavy atom. The molecule has 0 fully saturated rings. The Bertz CT molecular complexity index is 524. The van der Waals surface area contributed by atoms with Crippen LogP contribution in [0, 0.1) is 11.6 Å². The second-order valence-electron chi connectivity index (χ2n) is 5.33. The molecule has 0 heterocycles. The zero-order valence-corrected chi connectivity index (χ0v) is 11.8. The van der Waals surface area contributed by atoms with Gasteiger partial charge in [-0.2, -0.15) is 0 Å². The Hall–Kier alpha value is -1.98. The highest BCUT2D eigenvalue weighted by Crippen LogP contribution is 2.12. The molecule has 20 heavy (non-hydrogen) atoms. The van der Waals surface area contributed by atoms with Crippen molar-refractivity contribution in [2.24, 2.45) is 0 Å². The van der Waals surface area contributed by atoms with Gasteiger partial charge in [-0.1, -0.05) is 6.07 Å². The molecule has 0 aromatic heterocycles. The highest BCUT2D eigenvalue weighted by Gasteiger charge is 2.24. The Morgan fingerprint density at radius 3 is 2.40 bits per heavy atom. The van der Waals surface area contributed by atoms with Crippen LogP contribution in [-0.2, 0) is 9.53 Å². The van der Waals surface area contributed by atoms with Crippen LogP contribution in [0.25, 0.3) is 0 Å². The van der Waals surface area contributed by atoms with Crippen molar-refractivity contribution >= 4 is 11.9 Å². The number of carbonyl (C=O) groups is 2. The molecular formula is C14H17F2NO3. The van der Waals surface area contributed by atoms with Crippen molar-refractivity contribution in [3.8, 4) is 0 Å². The molecule has 0 aliphatic heterocycles. The van der Waals surface area contributed by atoms with E-state index in [1.807, 2.05) is 0 Å². The number of hydrogen-bond acceptors (Lipinski definition) is 3. The summed E-state index contributed by atoms with van der Waals surface area (Å²) in [5, 5.41) is 2.27. The van der Waals surface area contributed by atoms with Gasteiger partial charge in [0.15, 0.2) is 11.6 Å². The van der Waals surface area contributed by atoms with E-state index in [-0.39, 0.29) is 0 Å². The van der Waals surface area contributed by atoms with Gasteiger partial charge in [0.05, 0.1) is 5.56 Å². The summed E-state index contributed by atoms with van der Waals surface area (Å²) in [6.07, 6.45) is 0. The summed E-state index contributed by atoms with van der Waals surface area (Å²) < 4.78 is 31.5. The molecule has 4 nitrogen and oxygen atoms in total. The Morgan fingerprint density at radius 2 is 1.85 bits per heavy atom. The lowest BCUT2D eigenvalue weighted by Gasteiger charge is -2.22. The maximum Gasteiger partial charge on any atom is 0.328 e. The summed E-state index contributed by atoms with van der Waals surface area (Å²) in [7, 11) is 0. The van der Waals surface area contributed by atoms with Crippen LogP contribution in [0.3, 0.4) is 0 Å². The summed E-state index contributed by atoms with van der Waals surface area (Å²) in [6, 6.07) is 2.29. The van der Waals surface area contributed by atoms with Gasteiger partial charge < -0.3 is 10.1 Å². The van der Waals surface area contributed by atoms with Crippen molar-refractivity contribution in [1.82, 2.24) is 5.32 Å². The maximum absolute atomic E-state index is 13.4. The monoisotopic (exact) mass is 285 g/mol. The molecule has 1 rings (SSSR count). The fourth-order valence-corrected chi connectivity index (χ4v) is 1.40. The van der Waals surface area contributed by atoms with E-state index in [9.17, 15) is 18.4 Å². The third-order valence-electron chi connectivity index (χ3n) is 2.30. The zero-order valence-electron chi connectivity index (χ0n) is 11.8. The first-order valence-corrected chi connectivity index (χ1v) is 6.09. The molecule has 0 radical (unpaired) electrons. The van der Waals surface area contributed by atoms with E-state index < -0.39 is 40.7 Å². The third kappa shape index (κ3) is 4.29. The summed E-state index contributed by atoms with van der Waals surface area (Å²) in [4.78, 5) is 23.4. The molecule has 1 aromatic rings. The van der Waals surface area contributed by atoms with Crippen molar-refractivity contribution in [2.75, 3.05) is 0 Å². The second kappa shape index (κ2) is 5.98. The van der Waals surface area contributed by atoms with Gasteiger partial charge in [-0.25, -0.2) is 13.6 Å². The number of amides is 1. The number of nitrogens with one attached hydrogen (secondary N) is 1. The third-order valence-corrected chi connectivity index (χ3v) is 2.30. The summed E-state index contributed by atoms with van der Waals surface area (Å²) in [5.41, 5.74) is -1.15. The smallest absolute Gasteiger partial charge is 0.328 e. The number of ether oxygens (including phenoxy) is 1.